The number of hydrogen-bond donors (Lipinski definition) is 1. The van der Waals surface area contributed by atoms with Crippen molar-refractivity contribution in [2.24, 2.45) is 11.8 Å². The molecule has 0 radical (unpaired) electrons. The molecule has 2 aromatic carbocycles. The van der Waals surface area contributed by atoms with E-state index in [1.807, 2.05) is 0 Å². The van der Waals surface area contributed by atoms with E-state index in [0.717, 1.165) is 4.90 Å². The van der Waals surface area contributed by atoms with Gasteiger partial charge in [0.15, 0.2) is 6.61 Å². The Morgan fingerprint density at radius 3 is 2.33 bits per heavy atom. The van der Waals surface area contributed by atoms with Crippen molar-refractivity contribution in [3.8, 4) is 0 Å². The maximum atomic E-state index is 13.0. The van der Waals surface area contributed by atoms with E-state index in [4.69, 9.17) is 27.9 Å². The molecule has 0 spiro atoms. The maximum Gasteiger partial charge on any atom is 0.338 e. The van der Waals surface area contributed by atoms with Gasteiger partial charge in [-0.2, -0.15) is 0 Å². The molecule has 2 aromatic rings. The lowest BCUT2D eigenvalue weighted by atomic mass is 9.80. The summed E-state index contributed by atoms with van der Waals surface area (Å²) >= 11 is 12.4. The average molecular weight is 534 g/mol. The summed E-state index contributed by atoms with van der Waals surface area (Å²) in [5, 5.41) is 12.7. The van der Waals surface area contributed by atoms with Crippen molar-refractivity contribution < 1.29 is 28.8 Å². The molecule has 1 saturated carbocycles. The van der Waals surface area contributed by atoms with Gasteiger partial charge < -0.3 is 10.1 Å². The standard InChI is InChI=1S/C24H21Cl2N3O7/c1-12-5-6-14(8-20(12)29(34)35)27-21(30)11-36-24(33)13-3-2-4-15(7-13)28-22(31)16-9-18(25)19(26)10-17(16)23(28)32/h2-8,16-19H,9-11H2,1H3,(H,27,30)/t16-,17-,18-,19+/m1/s1. The first-order valence-corrected chi connectivity index (χ1v) is 11.9. The highest BCUT2D eigenvalue weighted by atomic mass is 35.5. The highest BCUT2D eigenvalue weighted by Crippen LogP contribution is 2.43. The van der Waals surface area contributed by atoms with E-state index in [0.29, 0.717) is 18.4 Å². The van der Waals surface area contributed by atoms with Gasteiger partial charge in [-0.15, -0.1) is 23.2 Å². The summed E-state index contributed by atoms with van der Waals surface area (Å²) in [7, 11) is 0. The number of amides is 3. The number of carbonyl (C=O) groups excluding carboxylic acids is 4. The van der Waals surface area contributed by atoms with Crippen molar-refractivity contribution in [1.29, 1.82) is 0 Å². The largest absolute Gasteiger partial charge is 0.452 e. The molecule has 12 heteroatoms. The van der Waals surface area contributed by atoms with Crippen molar-refractivity contribution >= 4 is 64.0 Å². The minimum Gasteiger partial charge on any atom is -0.452 e. The molecule has 0 bridgehead atoms. The lowest BCUT2D eigenvalue weighted by Gasteiger charge is -2.28. The molecule has 188 valence electrons. The van der Waals surface area contributed by atoms with Crippen LogP contribution in [-0.4, -0.2) is 46.0 Å². The topological polar surface area (TPSA) is 136 Å². The summed E-state index contributed by atoms with van der Waals surface area (Å²) in [6.45, 7) is 0.921. The molecule has 1 saturated heterocycles. The number of ether oxygens (including phenoxy) is 1. The van der Waals surface area contributed by atoms with Crippen molar-refractivity contribution in [3.05, 3.63) is 63.7 Å². The third-order valence-corrected chi connectivity index (χ3v) is 7.37. The van der Waals surface area contributed by atoms with Crippen molar-refractivity contribution in [3.63, 3.8) is 0 Å². The Kier molecular flexibility index (Phi) is 7.28. The molecule has 3 amide bonds. The number of aryl methyl sites for hydroxylation is 1. The van der Waals surface area contributed by atoms with Gasteiger partial charge in [-0.3, -0.25) is 29.4 Å². The van der Waals surface area contributed by atoms with Gasteiger partial charge >= 0.3 is 5.97 Å². The van der Waals surface area contributed by atoms with Gasteiger partial charge in [-0.25, -0.2) is 4.79 Å². The number of imide groups is 1. The van der Waals surface area contributed by atoms with E-state index < -0.39 is 57.8 Å². The first kappa shape index (κ1) is 25.6. The van der Waals surface area contributed by atoms with E-state index in [2.05, 4.69) is 5.32 Å². The van der Waals surface area contributed by atoms with Crippen LogP contribution in [0.15, 0.2) is 42.5 Å². The van der Waals surface area contributed by atoms with E-state index in [9.17, 15) is 29.3 Å². The Bertz CT molecular complexity index is 1240. The molecule has 2 aliphatic rings. The van der Waals surface area contributed by atoms with E-state index in [1.54, 1.807) is 6.92 Å². The van der Waals surface area contributed by atoms with Gasteiger partial charge in [0.25, 0.3) is 11.6 Å². The van der Waals surface area contributed by atoms with Crippen LogP contribution in [0.3, 0.4) is 0 Å². The second kappa shape index (κ2) is 10.2. The Balaban J connectivity index is 1.41. The minimum absolute atomic E-state index is 0.0344. The number of esters is 1. The number of alkyl halides is 2. The fourth-order valence-corrected chi connectivity index (χ4v) is 5.01. The normalized spacial score (nSPS) is 23.2. The third-order valence-electron chi connectivity index (χ3n) is 6.28. The Hall–Kier alpha value is -3.50. The van der Waals surface area contributed by atoms with Crippen LogP contribution in [0.1, 0.15) is 28.8 Å². The fourth-order valence-electron chi connectivity index (χ4n) is 4.42. The molecule has 0 aromatic heterocycles. The van der Waals surface area contributed by atoms with Crippen LogP contribution in [0.4, 0.5) is 17.1 Å². The number of nitrogens with one attached hydrogen (secondary N) is 1. The number of anilines is 2. The molecular formula is C24H21Cl2N3O7. The highest BCUT2D eigenvalue weighted by Gasteiger charge is 2.52. The maximum absolute atomic E-state index is 13.0. The quantitative estimate of drug-likeness (QED) is 0.196. The van der Waals surface area contributed by atoms with Gasteiger partial charge in [0.1, 0.15) is 0 Å². The molecule has 1 N–H and O–H groups in total. The molecule has 2 fully saturated rings. The summed E-state index contributed by atoms with van der Waals surface area (Å²) in [5.74, 6) is -3.45. The SMILES string of the molecule is Cc1ccc(NC(=O)COC(=O)c2cccc(N3C(=O)[C@@H]4C[C@@H](Cl)[C@@H](Cl)C[C@H]4C3=O)c2)cc1[N+](=O)[O-]. The highest BCUT2D eigenvalue weighted by molar-refractivity contribution is 6.31. The van der Waals surface area contributed by atoms with Gasteiger partial charge in [0.2, 0.25) is 11.8 Å². The number of nitro groups is 1. The van der Waals surface area contributed by atoms with Crippen LogP contribution in [0.5, 0.6) is 0 Å². The second-order valence-electron chi connectivity index (χ2n) is 8.66. The van der Waals surface area contributed by atoms with Crippen molar-refractivity contribution in [2.75, 3.05) is 16.8 Å². The number of carbonyl (C=O) groups is 4. The summed E-state index contributed by atoms with van der Waals surface area (Å²) in [6.07, 6.45) is 0.588. The Labute approximate surface area is 215 Å². The molecule has 36 heavy (non-hydrogen) atoms. The van der Waals surface area contributed by atoms with Gasteiger partial charge in [-0.05, 0) is 44.0 Å². The summed E-state index contributed by atoms with van der Waals surface area (Å²) in [4.78, 5) is 62.2. The number of benzene rings is 2. The summed E-state index contributed by atoms with van der Waals surface area (Å²) < 4.78 is 5.05. The van der Waals surface area contributed by atoms with E-state index in [1.165, 1.54) is 42.5 Å². The van der Waals surface area contributed by atoms with E-state index in [-0.39, 0.29) is 22.6 Å². The molecule has 0 unspecified atom stereocenters. The third kappa shape index (κ3) is 5.05. The average Bonchev–Trinajstić information content (AvgIpc) is 3.08. The van der Waals surface area contributed by atoms with E-state index >= 15 is 0 Å². The number of nitro benzene ring substituents is 1. The second-order valence-corrected chi connectivity index (χ2v) is 9.78. The lowest BCUT2D eigenvalue weighted by molar-refractivity contribution is -0.385. The number of nitrogens with zero attached hydrogens (tertiary/aromatic N) is 2. The van der Waals surface area contributed by atoms with Crippen LogP contribution in [-0.2, 0) is 19.1 Å². The predicted molar refractivity (Wildman–Crippen MR) is 131 cm³/mol. The van der Waals surface area contributed by atoms with Crippen LogP contribution in [0, 0.1) is 28.9 Å². The van der Waals surface area contributed by atoms with Crippen molar-refractivity contribution in [1.82, 2.24) is 0 Å². The molecular weight excluding hydrogens is 513 g/mol. The number of hydrogen-bond acceptors (Lipinski definition) is 7. The van der Waals surface area contributed by atoms with Crippen LogP contribution < -0.4 is 10.2 Å². The van der Waals surface area contributed by atoms with Crippen molar-refractivity contribution in [2.45, 2.75) is 30.5 Å². The molecule has 4 atom stereocenters. The van der Waals surface area contributed by atoms with Gasteiger partial charge in [0.05, 0.1) is 38.8 Å². The monoisotopic (exact) mass is 533 g/mol. The Morgan fingerprint density at radius 1 is 1.08 bits per heavy atom. The van der Waals surface area contributed by atoms with Gasteiger partial charge in [-0.1, -0.05) is 12.1 Å². The van der Waals surface area contributed by atoms with Crippen LogP contribution >= 0.6 is 23.2 Å². The molecule has 1 aliphatic heterocycles. The lowest BCUT2D eigenvalue weighted by Crippen LogP contribution is -2.34. The first-order chi connectivity index (χ1) is 17.1. The summed E-state index contributed by atoms with van der Waals surface area (Å²) in [5.41, 5.74) is 0.704. The number of fused-ring (bicyclic) bond motifs is 1. The molecule has 10 nitrogen and oxygen atoms in total. The fraction of sp³-hybridized carbons (Fsp3) is 0.333. The molecule has 1 aliphatic carbocycles. The zero-order chi connectivity index (χ0) is 26.1. The Morgan fingerprint density at radius 2 is 1.72 bits per heavy atom. The zero-order valence-corrected chi connectivity index (χ0v) is 20.5. The summed E-state index contributed by atoms with van der Waals surface area (Å²) in [6, 6.07) is 9.97. The van der Waals surface area contributed by atoms with Crippen LogP contribution in [0.2, 0.25) is 0 Å². The minimum atomic E-state index is -0.847. The van der Waals surface area contributed by atoms with Gasteiger partial charge in [0, 0.05) is 17.3 Å². The molecule has 4 rings (SSSR count). The predicted octanol–water partition coefficient (Wildman–Crippen LogP) is 3.81. The number of halogens is 2. The molecule has 1 heterocycles. The smallest absolute Gasteiger partial charge is 0.338 e. The van der Waals surface area contributed by atoms with Crippen LogP contribution in [0.25, 0.3) is 0 Å². The zero-order valence-electron chi connectivity index (χ0n) is 19.0. The number of rotatable bonds is 6. The first-order valence-electron chi connectivity index (χ1n) is 11.0.